The summed E-state index contributed by atoms with van der Waals surface area (Å²) in [7, 11) is 6.25. The molecule has 9 heteroatoms. The number of ether oxygens (including phenoxy) is 4. The highest BCUT2D eigenvalue weighted by Gasteiger charge is 2.14. The molecule has 0 aliphatic heterocycles. The molecule has 1 heterocycles. The Morgan fingerprint density at radius 3 is 2.03 bits per heavy atom. The fraction of sp³-hybridized carbons (Fsp3) is 0.200. The van der Waals surface area contributed by atoms with E-state index in [1.165, 1.54) is 6.39 Å². The molecule has 0 spiro atoms. The number of thiocarbonyl (C=S) groups is 1. The first kappa shape index (κ1) is 20.3. The molecule has 0 saturated carbocycles. The summed E-state index contributed by atoms with van der Waals surface area (Å²) in [5.41, 5.74) is 2.22. The van der Waals surface area contributed by atoms with Crippen LogP contribution in [0.15, 0.2) is 47.3 Å². The lowest BCUT2D eigenvalue weighted by atomic mass is 10.1. The van der Waals surface area contributed by atoms with Crippen molar-refractivity contribution in [3.8, 4) is 34.3 Å². The van der Waals surface area contributed by atoms with Crippen molar-refractivity contribution in [1.82, 2.24) is 4.98 Å². The van der Waals surface area contributed by atoms with Crippen molar-refractivity contribution in [2.24, 2.45) is 0 Å². The quantitative estimate of drug-likeness (QED) is 0.552. The van der Waals surface area contributed by atoms with Crippen molar-refractivity contribution < 1.29 is 23.4 Å². The molecule has 8 nitrogen and oxygen atoms in total. The fourth-order valence-electron chi connectivity index (χ4n) is 2.77. The van der Waals surface area contributed by atoms with E-state index in [1.54, 1.807) is 46.8 Å². The van der Waals surface area contributed by atoms with Gasteiger partial charge in [0.05, 0.1) is 40.2 Å². The monoisotopic (exact) mass is 415 g/mol. The molecular weight excluding hydrogens is 394 g/mol. The number of oxazole rings is 1. The van der Waals surface area contributed by atoms with E-state index in [1.807, 2.05) is 18.2 Å². The lowest BCUT2D eigenvalue weighted by molar-refractivity contribution is 0.324. The van der Waals surface area contributed by atoms with Gasteiger partial charge in [-0.2, -0.15) is 0 Å². The van der Waals surface area contributed by atoms with Crippen molar-refractivity contribution in [3.63, 3.8) is 0 Å². The van der Waals surface area contributed by atoms with Gasteiger partial charge in [-0.25, -0.2) is 4.98 Å². The van der Waals surface area contributed by atoms with Gasteiger partial charge in [0, 0.05) is 29.6 Å². The standard InChI is InChI=1S/C20H21N3O5S/c1-24-15-7-12(5-6-14(15)18-10-21-11-28-18)22-20(29)23-13-8-16(25-2)19(27-4)17(9-13)26-3/h5-11H,1-4H3,(H2,22,23,29). The Kier molecular flexibility index (Phi) is 6.40. The van der Waals surface area contributed by atoms with Gasteiger partial charge in [0.25, 0.3) is 0 Å². The normalized spacial score (nSPS) is 10.2. The number of methoxy groups -OCH3 is 4. The molecule has 0 atom stereocenters. The van der Waals surface area contributed by atoms with E-state index >= 15 is 0 Å². The van der Waals surface area contributed by atoms with Crippen LogP contribution in [0, 0.1) is 0 Å². The fourth-order valence-corrected chi connectivity index (χ4v) is 3.00. The minimum atomic E-state index is 0.383. The van der Waals surface area contributed by atoms with Crippen LogP contribution in [0.25, 0.3) is 11.3 Å². The summed E-state index contributed by atoms with van der Waals surface area (Å²) in [4.78, 5) is 3.93. The van der Waals surface area contributed by atoms with Crippen LogP contribution in [-0.4, -0.2) is 38.5 Å². The SMILES string of the molecule is COc1cc(NC(=S)Nc2cc(OC)c(OC)c(OC)c2)ccc1-c1cnco1. The zero-order valence-electron chi connectivity index (χ0n) is 16.4. The van der Waals surface area contributed by atoms with Crippen LogP contribution in [-0.2, 0) is 0 Å². The number of rotatable bonds is 7. The number of benzene rings is 2. The maximum atomic E-state index is 5.46. The molecule has 0 radical (unpaired) electrons. The van der Waals surface area contributed by atoms with E-state index in [-0.39, 0.29) is 0 Å². The van der Waals surface area contributed by atoms with Crippen LogP contribution in [0.4, 0.5) is 11.4 Å². The number of hydrogen-bond acceptors (Lipinski definition) is 7. The summed E-state index contributed by atoms with van der Waals surface area (Å²) < 4.78 is 26.8. The minimum Gasteiger partial charge on any atom is -0.496 e. The lowest BCUT2D eigenvalue weighted by Gasteiger charge is -2.16. The van der Waals surface area contributed by atoms with Gasteiger partial charge >= 0.3 is 0 Å². The van der Waals surface area contributed by atoms with E-state index in [0.717, 1.165) is 11.3 Å². The van der Waals surface area contributed by atoms with Gasteiger partial charge in [-0.1, -0.05) is 0 Å². The van der Waals surface area contributed by atoms with Crippen molar-refractivity contribution in [2.45, 2.75) is 0 Å². The Morgan fingerprint density at radius 2 is 1.48 bits per heavy atom. The summed E-state index contributed by atoms with van der Waals surface area (Å²) in [5, 5.41) is 6.61. The lowest BCUT2D eigenvalue weighted by Crippen LogP contribution is -2.19. The number of aromatic nitrogens is 1. The molecule has 0 bridgehead atoms. The summed E-state index contributed by atoms with van der Waals surface area (Å²) in [5.74, 6) is 2.80. The predicted octanol–water partition coefficient (Wildman–Crippen LogP) is 4.18. The van der Waals surface area contributed by atoms with Gasteiger partial charge in [0.2, 0.25) is 5.75 Å². The average Bonchev–Trinajstić information content (AvgIpc) is 3.27. The third-order valence-electron chi connectivity index (χ3n) is 4.08. The van der Waals surface area contributed by atoms with Gasteiger partial charge in [-0.3, -0.25) is 0 Å². The Morgan fingerprint density at radius 1 is 0.862 bits per heavy atom. The van der Waals surface area contributed by atoms with Crippen LogP contribution in [0.1, 0.15) is 0 Å². The van der Waals surface area contributed by atoms with Gasteiger partial charge in [-0.05, 0) is 24.4 Å². The molecule has 1 aromatic heterocycles. The second-order valence-electron chi connectivity index (χ2n) is 5.77. The molecule has 0 aliphatic carbocycles. The van der Waals surface area contributed by atoms with E-state index in [2.05, 4.69) is 15.6 Å². The highest BCUT2D eigenvalue weighted by atomic mass is 32.1. The number of nitrogens with zero attached hydrogens (tertiary/aromatic N) is 1. The molecule has 0 amide bonds. The highest BCUT2D eigenvalue weighted by Crippen LogP contribution is 2.40. The minimum absolute atomic E-state index is 0.383. The number of hydrogen-bond donors (Lipinski definition) is 2. The van der Waals surface area contributed by atoms with Gasteiger partial charge in [-0.15, -0.1) is 0 Å². The van der Waals surface area contributed by atoms with E-state index in [0.29, 0.717) is 39.6 Å². The first-order chi connectivity index (χ1) is 14.1. The molecule has 29 heavy (non-hydrogen) atoms. The van der Waals surface area contributed by atoms with Crippen molar-refractivity contribution in [3.05, 3.63) is 42.9 Å². The molecule has 3 aromatic rings. The Balaban J connectivity index is 1.77. The zero-order valence-corrected chi connectivity index (χ0v) is 17.3. The van der Waals surface area contributed by atoms with Crippen LogP contribution in [0.2, 0.25) is 0 Å². The maximum Gasteiger partial charge on any atom is 0.203 e. The van der Waals surface area contributed by atoms with E-state index < -0.39 is 0 Å². The Bertz CT molecular complexity index is 967. The van der Waals surface area contributed by atoms with Crippen molar-refractivity contribution in [2.75, 3.05) is 39.1 Å². The molecule has 0 unspecified atom stereocenters. The third-order valence-corrected chi connectivity index (χ3v) is 4.28. The first-order valence-corrected chi connectivity index (χ1v) is 8.95. The maximum absolute atomic E-state index is 5.46. The summed E-state index contributed by atoms with van der Waals surface area (Å²) in [6.45, 7) is 0. The number of anilines is 2. The Hall–Kier alpha value is -3.46. The molecule has 0 fully saturated rings. The smallest absolute Gasteiger partial charge is 0.203 e. The van der Waals surface area contributed by atoms with Crippen molar-refractivity contribution in [1.29, 1.82) is 0 Å². The van der Waals surface area contributed by atoms with Gasteiger partial charge in [0.15, 0.2) is 28.8 Å². The average molecular weight is 415 g/mol. The van der Waals surface area contributed by atoms with E-state index in [9.17, 15) is 0 Å². The molecule has 2 N–H and O–H groups in total. The van der Waals surface area contributed by atoms with Crippen LogP contribution < -0.4 is 29.6 Å². The van der Waals surface area contributed by atoms with Gasteiger partial charge in [0.1, 0.15) is 5.75 Å². The van der Waals surface area contributed by atoms with Crippen molar-refractivity contribution >= 4 is 28.7 Å². The molecule has 2 aromatic carbocycles. The van der Waals surface area contributed by atoms with Crippen LogP contribution in [0.5, 0.6) is 23.0 Å². The predicted molar refractivity (Wildman–Crippen MR) is 114 cm³/mol. The van der Waals surface area contributed by atoms with Crippen LogP contribution in [0.3, 0.4) is 0 Å². The largest absolute Gasteiger partial charge is 0.496 e. The highest BCUT2D eigenvalue weighted by molar-refractivity contribution is 7.80. The molecule has 3 rings (SSSR count). The van der Waals surface area contributed by atoms with Crippen LogP contribution >= 0.6 is 12.2 Å². The molecule has 152 valence electrons. The zero-order chi connectivity index (χ0) is 20.8. The molecule has 0 saturated heterocycles. The number of nitrogens with one attached hydrogen (secondary N) is 2. The van der Waals surface area contributed by atoms with E-state index in [4.69, 9.17) is 35.6 Å². The first-order valence-electron chi connectivity index (χ1n) is 8.54. The third kappa shape index (κ3) is 4.52. The summed E-state index contributed by atoms with van der Waals surface area (Å²) in [6, 6.07) is 9.08. The van der Waals surface area contributed by atoms with Gasteiger partial charge < -0.3 is 34.0 Å². The summed E-state index contributed by atoms with van der Waals surface area (Å²) >= 11 is 5.43. The molecule has 0 aliphatic rings. The molecular formula is C20H21N3O5S. The second kappa shape index (κ2) is 9.16. The topological polar surface area (TPSA) is 87.0 Å². The Labute approximate surface area is 173 Å². The second-order valence-corrected chi connectivity index (χ2v) is 6.18. The summed E-state index contributed by atoms with van der Waals surface area (Å²) in [6.07, 6.45) is 3.00.